The van der Waals surface area contributed by atoms with Gasteiger partial charge in [0.2, 0.25) is 5.91 Å². The lowest BCUT2D eigenvalue weighted by Crippen LogP contribution is -2.47. The first-order valence-electron chi connectivity index (χ1n) is 10.3. The van der Waals surface area contributed by atoms with E-state index in [9.17, 15) is 9.59 Å². The molecule has 0 unspecified atom stereocenters. The first-order valence-corrected chi connectivity index (χ1v) is 10.3. The standard InChI is InChI=1S/C24H32N2O3/c1-6-17(5)18-12-8-10-14-20(18)25-24(28)22(16(3)4)26-23(27)19-13-9-11-15-21(19)29-7-2/h8-17,22H,6-7H2,1-5H3,(H,25,28)(H,26,27)/t17-,22+/m1/s1. The number of para-hydroxylation sites is 2. The maximum absolute atomic E-state index is 13.0. The van der Waals surface area contributed by atoms with Gasteiger partial charge in [-0.25, -0.2) is 0 Å². The van der Waals surface area contributed by atoms with E-state index >= 15 is 0 Å². The van der Waals surface area contributed by atoms with Crippen LogP contribution >= 0.6 is 0 Å². The van der Waals surface area contributed by atoms with E-state index in [1.165, 1.54) is 0 Å². The molecule has 0 aromatic heterocycles. The normalized spacial score (nSPS) is 12.9. The van der Waals surface area contributed by atoms with Crippen molar-refractivity contribution in [1.29, 1.82) is 0 Å². The van der Waals surface area contributed by atoms with E-state index in [1.54, 1.807) is 18.2 Å². The molecule has 0 heterocycles. The summed E-state index contributed by atoms with van der Waals surface area (Å²) in [6, 6.07) is 14.2. The predicted molar refractivity (Wildman–Crippen MR) is 117 cm³/mol. The fourth-order valence-electron chi connectivity index (χ4n) is 3.16. The van der Waals surface area contributed by atoms with Crippen molar-refractivity contribution in [2.45, 2.75) is 53.0 Å². The number of rotatable bonds is 9. The van der Waals surface area contributed by atoms with Gasteiger partial charge in [-0.05, 0) is 48.9 Å². The summed E-state index contributed by atoms with van der Waals surface area (Å²) in [4.78, 5) is 25.9. The van der Waals surface area contributed by atoms with Crippen LogP contribution in [0.15, 0.2) is 48.5 Å². The molecule has 2 aromatic carbocycles. The number of hydrogen-bond acceptors (Lipinski definition) is 3. The van der Waals surface area contributed by atoms with Crippen LogP contribution in [0.3, 0.4) is 0 Å². The highest BCUT2D eigenvalue weighted by Gasteiger charge is 2.26. The molecule has 2 aromatic rings. The Balaban J connectivity index is 2.20. The molecular formula is C24H32N2O3. The molecule has 0 aliphatic rings. The Morgan fingerprint density at radius 1 is 0.966 bits per heavy atom. The second kappa shape index (κ2) is 10.6. The second-order valence-electron chi connectivity index (χ2n) is 7.51. The second-order valence-corrected chi connectivity index (χ2v) is 7.51. The van der Waals surface area contributed by atoms with Gasteiger partial charge < -0.3 is 15.4 Å². The third-order valence-corrected chi connectivity index (χ3v) is 5.03. The Morgan fingerprint density at radius 2 is 1.62 bits per heavy atom. The van der Waals surface area contributed by atoms with Gasteiger partial charge in [0.05, 0.1) is 12.2 Å². The smallest absolute Gasteiger partial charge is 0.255 e. The van der Waals surface area contributed by atoms with E-state index < -0.39 is 6.04 Å². The van der Waals surface area contributed by atoms with Crippen LogP contribution < -0.4 is 15.4 Å². The lowest BCUT2D eigenvalue weighted by Gasteiger charge is -2.24. The fourth-order valence-corrected chi connectivity index (χ4v) is 3.16. The first-order chi connectivity index (χ1) is 13.9. The molecule has 29 heavy (non-hydrogen) atoms. The van der Waals surface area contributed by atoms with E-state index in [4.69, 9.17) is 4.74 Å². The Kier molecular flexibility index (Phi) is 8.25. The van der Waals surface area contributed by atoms with Crippen LogP contribution in [0, 0.1) is 5.92 Å². The summed E-state index contributed by atoms with van der Waals surface area (Å²) in [5.41, 5.74) is 2.31. The summed E-state index contributed by atoms with van der Waals surface area (Å²) in [6.45, 7) is 10.4. The molecule has 0 saturated heterocycles. The molecule has 0 bridgehead atoms. The first kappa shape index (κ1) is 22.5. The summed E-state index contributed by atoms with van der Waals surface area (Å²) >= 11 is 0. The van der Waals surface area contributed by atoms with Crippen molar-refractivity contribution < 1.29 is 14.3 Å². The van der Waals surface area contributed by atoms with Crippen LogP contribution in [0.25, 0.3) is 0 Å². The van der Waals surface area contributed by atoms with Crippen LogP contribution in [0.4, 0.5) is 5.69 Å². The van der Waals surface area contributed by atoms with Crippen molar-refractivity contribution in [2.24, 2.45) is 5.92 Å². The number of ether oxygens (including phenoxy) is 1. The molecule has 156 valence electrons. The van der Waals surface area contributed by atoms with Crippen molar-refractivity contribution in [1.82, 2.24) is 5.32 Å². The highest BCUT2D eigenvalue weighted by atomic mass is 16.5. The van der Waals surface area contributed by atoms with Crippen LogP contribution in [-0.2, 0) is 4.79 Å². The van der Waals surface area contributed by atoms with Crippen LogP contribution in [-0.4, -0.2) is 24.5 Å². The highest BCUT2D eigenvalue weighted by Crippen LogP contribution is 2.27. The molecule has 5 nitrogen and oxygen atoms in total. The minimum Gasteiger partial charge on any atom is -0.493 e. The molecule has 0 saturated carbocycles. The van der Waals surface area contributed by atoms with Gasteiger partial charge >= 0.3 is 0 Å². The van der Waals surface area contributed by atoms with Crippen LogP contribution in [0.5, 0.6) is 5.75 Å². The highest BCUT2D eigenvalue weighted by molar-refractivity contribution is 6.02. The molecule has 2 amide bonds. The molecule has 2 N–H and O–H groups in total. The molecular weight excluding hydrogens is 364 g/mol. The lowest BCUT2D eigenvalue weighted by molar-refractivity contribution is -0.118. The molecule has 2 rings (SSSR count). The molecule has 0 radical (unpaired) electrons. The van der Waals surface area contributed by atoms with E-state index in [0.29, 0.717) is 23.8 Å². The molecule has 2 atom stereocenters. The summed E-state index contributed by atoms with van der Waals surface area (Å²) < 4.78 is 5.55. The average molecular weight is 397 g/mol. The van der Waals surface area contributed by atoms with Crippen molar-refractivity contribution in [3.63, 3.8) is 0 Å². The van der Waals surface area contributed by atoms with Gasteiger partial charge in [0.1, 0.15) is 11.8 Å². The number of carbonyl (C=O) groups is 2. The van der Waals surface area contributed by atoms with E-state index in [0.717, 1.165) is 17.7 Å². The minimum atomic E-state index is -0.665. The van der Waals surface area contributed by atoms with Gasteiger partial charge in [-0.15, -0.1) is 0 Å². The Bertz CT molecular complexity index is 832. The monoisotopic (exact) mass is 396 g/mol. The van der Waals surface area contributed by atoms with Gasteiger partial charge in [0.25, 0.3) is 5.91 Å². The fraction of sp³-hybridized carbons (Fsp3) is 0.417. The summed E-state index contributed by atoms with van der Waals surface area (Å²) in [5, 5.41) is 5.90. The number of benzene rings is 2. The summed E-state index contributed by atoms with van der Waals surface area (Å²) in [5.74, 6) is 0.222. The molecule has 0 aliphatic carbocycles. The van der Waals surface area contributed by atoms with Gasteiger partial charge in [0.15, 0.2) is 0 Å². The molecule has 0 spiro atoms. The molecule has 5 heteroatoms. The number of anilines is 1. The van der Waals surface area contributed by atoms with Gasteiger partial charge in [-0.2, -0.15) is 0 Å². The van der Waals surface area contributed by atoms with E-state index in [2.05, 4.69) is 24.5 Å². The number of carbonyl (C=O) groups excluding carboxylic acids is 2. The van der Waals surface area contributed by atoms with E-state index in [1.807, 2.05) is 51.1 Å². The third kappa shape index (κ3) is 5.83. The SMILES string of the molecule is CCOc1ccccc1C(=O)N[C@H](C(=O)Nc1ccccc1[C@H](C)CC)C(C)C. The maximum Gasteiger partial charge on any atom is 0.255 e. The number of amides is 2. The topological polar surface area (TPSA) is 67.4 Å². The Morgan fingerprint density at radius 3 is 2.28 bits per heavy atom. The lowest BCUT2D eigenvalue weighted by atomic mass is 9.96. The Labute approximate surface area is 173 Å². The predicted octanol–water partition coefficient (Wildman–Crippen LogP) is 4.99. The zero-order valence-electron chi connectivity index (χ0n) is 18.0. The van der Waals surface area contributed by atoms with Crippen molar-refractivity contribution in [3.05, 3.63) is 59.7 Å². The van der Waals surface area contributed by atoms with Crippen molar-refractivity contribution >= 4 is 17.5 Å². The third-order valence-electron chi connectivity index (χ3n) is 5.03. The van der Waals surface area contributed by atoms with Crippen LogP contribution in [0.2, 0.25) is 0 Å². The van der Waals surface area contributed by atoms with Crippen molar-refractivity contribution in [3.8, 4) is 5.75 Å². The quantitative estimate of drug-likeness (QED) is 0.627. The molecule has 0 fully saturated rings. The van der Waals surface area contributed by atoms with Crippen LogP contribution in [0.1, 0.15) is 62.9 Å². The zero-order chi connectivity index (χ0) is 21.4. The number of hydrogen-bond donors (Lipinski definition) is 2. The maximum atomic E-state index is 13.0. The zero-order valence-corrected chi connectivity index (χ0v) is 18.0. The summed E-state index contributed by atoms with van der Waals surface area (Å²) in [6.07, 6.45) is 0.978. The molecule has 0 aliphatic heterocycles. The van der Waals surface area contributed by atoms with E-state index in [-0.39, 0.29) is 17.7 Å². The van der Waals surface area contributed by atoms with Gasteiger partial charge in [-0.1, -0.05) is 58.0 Å². The van der Waals surface area contributed by atoms with Crippen molar-refractivity contribution in [2.75, 3.05) is 11.9 Å². The van der Waals surface area contributed by atoms with Gasteiger partial charge in [0, 0.05) is 5.69 Å². The largest absolute Gasteiger partial charge is 0.493 e. The number of nitrogens with one attached hydrogen (secondary N) is 2. The average Bonchev–Trinajstić information content (AvgIpc) is 2.72. The summed E-state index contributed by atoms with van der Waals surface area (Å²) in [7, 11) is 0. The Hall–Kier alpha value is -2.82. The minimum absolute atomic E-state index is 0.0750. The van der Waals surface area contributed by atoms with Gasteiger partial charge in [-0.3, -0.25) is 9.59 Å².